The number of nitrogens with zero attached hydrogens (tertiary/aromatic N) is 4. The predicted octanol–water partition coefficient (Wildman–Crippen LogP) is 2.55. The number of carbonyl (C=O) groups is 2. The van der Waals surface area contributed by atoms with Gasteiger partial charge in [-0.2, -0.15) is 5.10 Å². The van der Waals surface area contributed by atoms with E-state index in [1.807, 2.05) is 15.6 Å². The summed E-state index contributed by atoms with van der Waals surface area (Å²) in [5, 5.41) is 4.50. The number of hydrogen-bond donors (Lipinski definition) is 0. The van der Waals surface area contributed by atoms with E-state index in [1.54, 1.807) is 30.3 Å². The Morgan fingerprint density at radius 1 is 1.40 bits per heavy atom. The first-order valence-electron chi connectivity index (χ1n) is 10.6. The first-order chi connectivity index (χ1) is 14.5. The van der Waals surface area contributed by atoms with E-state index in [-0.39, 0.29) is 23.8 Å². The zero-order valence-electron chi connectivity index (χ0n) is 17.9. The topological polar surface area (TPSA) is 80.8 Å². The normalized spacial score (nSPS) is 24.4. The lowest BCUT2D eigenvalue weighted by atomic mass is 9.70. The molecule has 2 saturated heterocycles. The molecule has 4 rings (SSSR count). The Balaban J connectivity index is 1.72. The average Bonchev–Trinajstić information content (AvgIpc) is 3.48. The lowest BCUT2D eigenvalue weighted by Crippen LogP contribution is -2.53. The van der Waals surface area contributed by atoms with Crippen molar-refractivity contribution in [3.05, 3.63) is 42.1 Å². The molecule has 8 nitrogen and oxygen atoms in total. The summed E-state index contributed by atoms with van der Waals surface area (Å²) in [5.74, 6) is 0.142. The number of ether oxygens (including phenoxy) is 1. The van der Waals surface area contributed by atoms with E-state index in [1.165, 1.54) is 6.26 Å². The quantitative estimate of drug-likeness (QED) is 0.726. The minimum absolute atomic E-state index is 0.112. The Bertz CT molecular complexity index is 891. The number of aromatic nitrogens is 2. The third kappa shape index (κ3) is 3.43. The van der Waals surface area contributed by atoms with Crippen LogP contribution in [-0.4, -0.2) is 71.3 Å². The molecule has 2 atom stereocenters. The summed E-state index contributed by atoms with van der Waals surface area (Å²) in [6.07, 6.45) is 4.95. The minimum Gasteiger partial charge on any atom is -0.459 e. The fourth-order valence-corrected chi connectivity index (χ4v) is 5.02. The van der Waals surface area contributed by atoms with Gasteiger partial charge in [0.05, 0.1) is 18.3 Å². The Morgan fingerprint density at radius 2 is 2.23 bits per heavy atom. The molecular weight excluding hydrogens is 384 g/mol. The van der Waals surface area contributed by atoms with Crippen molar-refractivity contribution in [3.63, 3.8) is 0 Å². The van der Waals surface area contributed by atoms with Gasteiger partial charge in [0.1, 0.15) is 0 Å². The zero-order valence-corrected chi connectivity index (χ0v) is 17.9. The van der Waals surface area contributed by atoms with Gasteiger partial charge in [0.2, 0.25) is 5.91 Å². The molecule has 2 aromatic heterocycles. The lowest BCUT2D eigenvalue weighted by molar-refractivity contribution is -0.147. The third-order valence-corrected chi connectivity index (χ3v) is 6.44. The van der Waals surface area contributed by atoms with Crippen LogP contribution in [-0.2, 0) is 9.53 Å². The van der Waals surface area contributed by atoms with Gasteiger partial charge in [0.15, 0.2) is 5.76 Å². The van der Waals surface area contributed by atoms with Gasteiger partial charge >= 0.3 is 0 Å². The Hall–Kier alpha value is -2.61. The number of furan rings is 1. The smallest absolute Gasteiger partial charge is 0.289 e. The van der Waals surface area contributed by atoms with Gasteiger partial charge in [-0.15, -0.1) is 0 Å². The van der Waals surface area contributed by atoms with Crippen molar-refractivity contribution < 1.29 is 18.7 Å². The van der Waals surface area contributed by atoms with Crippen LogP contribution < -0.4 is 0 Å². The van der Waals surface area contributed by atoms with Crippen LogP contribution in [0.5, 0.6) is 0 Å². The van der Waals surface area contributed by atoms with Crippen molar-refractivity contribution >= 4 is 11.8 Å². The first-order valence-corrected chi connectivity index (χ1v) is 10.6. The van der Waals surface area contributed by atoms with Crippen LogP contribution in [0.25, 0.3) is 0 Å². The van der Waals surface area contributed by atoms with E-state index in [0.717, 1.165) is 25.1 Å². The van der Waals surface area contributed by atoms with Crippen LogP contribution in [0.1, 0.15) is 54.9 Å². The molecule has 0 unspecified atom stereocenters. The van der Waals surface area contributed by atoms with Crippen LogP contribution in [0.2, 0.25) is 0 Å². The number of piperidine rings is 1. The minimum atomic E-state index is -0.652. The van der Waals surface area contributed by atoms with Crippen LogP contribution in [0.15, 0.2) is 35.1 Å². The Morgan fingerprint density at radius 3 is 2.93 bits per heavy atom. The molecule has 8 heteroatoms. The molecule has 2 aliphatic rings. The summed E-state index contributed by atoms with van der Waals surface area (Å²) in [6, 6.07) is 5.55. The molecule has 162 valence electrons. The largest absolute Gasteiger partial charge is 0.459 e. The third-order valence-electron chi connectivity index (χ3n) is 6.44. The molecular formula is C22H30N4O4. The average molecular weight is 415 g/mol. The van der Waals surface area contributed by atoms with Crippen LogP contribution >= 0.6 is 0 Å². The van der Waals surface area contributed by atoms with E-state index in [9.17, 15) is 9.59 Å². The Labute approximate surface area is 176 Å². The molecule has 0 radical (unpaired) electrons. The van der Waals surface area contributed by atoms with E-state index in [4.69, 9.17) is 9.15 Å². The highest BCUT2D eigenvalue weighted by Gasteiger charge is 2.57. The SMILES string of the molecule is COCCN1CCC[C@]2(CN(C(=O)c3ccco3)C[C@H]2c2ccnn2C(C)C)C1=O. The van der Waals surface area contributed by atoms with E-state index in [2.05, 4.69) is 18.9 Å². The second-order valence-corrected chi connectivity index (χ2v) is 8.55. The van der Waals surface area contributed by atoms with Crippen molar-refractivity contribution in [1.29, 1.82) is 0 Å². The lowest BCUT2D eigenvalue weighted by Gasteiger charge is -2.42. The van der Waals surface area contributed by atoms with Crippen LogP contribution in [0, 0.1) is 5.41 Å². The highest BCUT2D eigenvalue weighted by atomic mass is 16.5. The van der Waals surface area contributed by atoms with Crippen molar-refractivity contribution in [1.82, 2.24) is 19.6 Å². The number of likely N-dealkylation sites (tertiary alicyclic amines) is 2. The monoisotopic (exact) mass is 414 g/mol. The van der Waals surface area contributed by atoms with Gasteiger partial charge in [-0.25, -0.2) is 0 Å². The van der Waals surface area contributed by atoms with Gasteiger partial charge in [-0.05, 0) is 44.9 Å². The van der Waals surface area contributed by atoms with E-state index in [0.29, 0.717) is 32.0 Å². The second kappa shape index (κ2) is 8.26. The number of hydrogen-bond acceptors (Lipinski definition) is 5. The van der Waals surface area contributed by atoms with Crippen LogP contribution in [0.3, 0.4) is 0 Å². The van der Waals surface area contributed by atoms with E-state index < -0.39 is 5.41 Å². The summed E-state index contributed by atoms with van der Waals surface area (Å²) in [4.78, 5) is 30.5. The zero-order chi connectivity index (χ0) is 21.3. The summed E-state index contributed by atoms with van der Waals surface area (Å²) >= 11 is 0. The molecule has 4 heterocycles. The van der Waals surface area contributed by atoms with Crippen molar-refractivity contribution in [3.8, 4) is 0 Å². The van der Waals surface area contributed by atoms with Gasteiger partial charge < -0.3 is 19.0 Å². The number of amides is 2. The van der Waals surface area contributed by atoms with Gasteiger partial charge in [-0.3, -0.25) is 14.3 Å². The molecule has 30 heavy (non-hydrogen) atoms. The first kappa shape index (κ1) is 20.7. The van der Waals surface area contributed by atoms with Gasteiger partial charge in [0.25, 0.3) is 5.91 Å². The maximum absolute atomic E-state index is 13.8. The fraction of sp³-hybridized carbons (Fsp3) is 0.591. The highest BCUT2D eigenvalue weighted by Crippen LogP contribution is 2.50. The summed E-state index contributed by atoms with van der Waals surface area (Å²) in [7, 11) is 1.65. The number of methoxy groups -OCH3 is 1. The molecule has 0 saturated carbocycles. The Kier molecular flexibility index (Phi) is 5.69. The number of rotatable bonds is 6. The van der Waals surface area contributed by atoms with Crippen molar-refractivity contribution in [2.24, 2.45) is 5.41 Å². The van der Waals surface area contributed by atoms with Crippen LogP contribution in [0.4, 0.5) is 0 Å². The molecule has 0 N–H and O–H groups in total. The predicted molar refractivity (Wildman–Crippen MR) is 110 cm³/mol. The maximum Gasteiger partial charge on any atom is 0.289 e. The number of carbonyl (C=O) groups excluding carboxylic acids is 2. The molecule has 2 fully saturated rings. The second-order valence-electron chi connectivity index (χ2n) is 8.55. The summed E-state index contributed by atoms with van der Waals surface area (Å²) in [5.41, 5.74) is 0.364. The molecule has 1 spiro atoms. The van der Waals surface area contributed by atoms with Crippen molar-refractivity contribution in [2.45, 2.75) is 38.6 Å². The maximum atomic E-state index is 13.8. The summed E-state index contributed by atoms with van der Waals surface area (Å²) in [6.45, 7) is 6.83. The highest BCUT2D eigenvalue weighted by molar-refractivity contribution is 5.93. The molecule has 0 aliphatic carbocycles. The fourth-order valence-electron chi connectivity index (χ4n) is 5.02. The van der Waals surface area contributed by atoms with Gasteiger partial charge in [-0.1, -0.05) is 0 Å². The molecule has 2 aliphatic heterocycles. The van der Waals surface area contributed by atoms with Gasteiger partial charge in [0, 0.05) is 57.1 Å². The standard InChI is InChI=1S/C22H30N4O4/c1-16(2)26-18(7-9-23-26)17-14-25(20(27)19-6-4-12-30-19)15-22(17)8-5-10-24(21(22)28)11-13-29-3/h4,6-7,9,12,16-17H,5,8,10-11,13-15H2,1-3H3/t17-,22+/m0/s1. The van der Waals surface area contributed by atoms with E-state index >= 15 is 0 Å². The van der Waals surface area contributed by atoms with Crippen molar-refractivity contribution in [2.75, 3.05) is 39.9 Å². The molecule has 2 aromatic rings. The molecule has 0 aromatic carbocycles. The molecule has 0 bridgehead atoms. The summed E-state index contributed by atoms with van der Waals surface area (Å²) < 4.78 is 12.5. The molecule has 2 amide bonds.